The van der Waals surface area contributed by atoms with E-state index in [1.54, 1.807) is 0 Å². The minimum absolute atomic E-state index is 0.863. The van der Waals surface area contributed by atoms with Crippen LogP contribution in [0.3, 0.4) is 0 Å². The van der Waals surface area contributed by atoms with Crippen LogP contribution in [0.4, 0.5) is 0 Å². The lowest BCUT2D eigenvalue weighted by atomic mass is 9.95. The monoisotopic (exact) mass is 875 g/mol. The Kier molecular flexibility index (Phi) is 8.90. The van der Waals surface area contributed by atoms with E-state index in [1.807, 2.05) is 6.20 Å². The molecular weight excluding hydrogens is 835 g/mol. The third kappa shape index (κ3) is 6.43. The Balaban J connectivity index is 0.821. The van der Waals surface area contributed by atoms with Crippen LogP contribution in [-0.2, 0) is 0 Å². The summed E-state index contributed by atoms with van der Waals surface area (Å²) >= 11 is 0. The fourth-order valence-corrected chi connectivity index (χ4v) is 10.9. The number of benzene rings is 12. The first-order valence-electron chi connectivity index (χ1n) is 23.6. The van der Waals surface area contributed by atoms with E-state index in [0.717, 1.165) is 49.9 Å². The van der Waals surface area contributed by atoms with Crippen molar-refractivity contribution in [3.63, 3.8) is 0 Å². The van der Waals surface area contributed by atoms with Crippen LogP contribution in [-0.4, -0.2) is 14.5 Å². The average molecular weight is 876 g/mol. The summed E-state index contributed by atoms with van der Waals surface area (Å²) in [5.41, 5.74) is 16.8. The Hall–Kier alpha value is -9.18. The molecule has 0 saturated heterocycles. The summed E-state index contributed by atoms with van der Waals surface area (Å²) in [5.74, 6) is 0. The van der Waals surface area contributed by atoms with Crippen LogP contribution in [0.1, 0.15) is 0 Å². The van der Waals surface area contributed by atoms with Crippen molar-refractivity contribution in [1.29, 1.82) is 0 Å². The van der Waals surface area contributed by atoms with Gasteiger partial charge in [-0.25, -0.2) is 4.98 Å². The van der Waals surface area contributed by atoms with Gasteiger partial charge < -0.3 is 4.57 Å². The molecule has 14 rings (SSSR count). The highest BCUT2D eigenvalue weighted by Crippen LogP contribution is 2.41. The highest BCUT2D eigenvalue weighted by atomic mass is 15.0. The molecule has 320 valence electrons. The fraction of sp³-hybridized carbons (Fsp3) is 0. The lowest BCUT2D eigenvalue weighted by molar-refractivity contribution is 1.18. The van der Waals surface area contributed by atoms with Crippen LogP contribution in [0.5, 0.6) is 0 Å². The molecule has 0 saturated carbocycles. The summed E-state index contributed by atoms with van der Waals surface area (Å²) in [7, 11) is 0. The molecule has 0 atom stereocenters. The highest BCUT2D eigenvalue weighted by Gasteiger charge is 2.17. The lowest BCUT2D eigenvalue weighted by Gasteiger charge is -2.12. The van der Waals surface area contributed by atoms with E-state index in [4.69, 9.17) is 9.97 Å². The molecule has 69 heavy (non-hydrogen) atoms. The van der Waals surface area contributed by atoms with Crippen LogP contribution in [0.15, 0.2) is 249 Å². The third-order valence-corrected chi connectivity index (χ3v) is 14.2. The number of hydrogen-bond donors (Lipinski definition) is 0. The van der Waals surface area contributed by atoms with Crippen molar-refractivity contribution in [1.82, 2.24) is 14.5 Å². The van der Waals surface area contributed by atoms with Gasteiger partial charge in [0.2, 0.25) is 0 Å². The molecule has 0 bridgehead atoms. The Morgan fingerprint density at radius 1 is 0.275 bits per heavy atom. The van der Waals surface area contributed by atoms with Gasteiger partial charge in [-0.1, -0.05) is 200 Å². The van der Waals surface area contributed by atoms with Gasteiger partial charge >= 0.3 is 0 Å². The van der Waals surface area contributed by atoms with Crippen LogP contribution in [0.25, 0.3) is 137 Å². The predicted molar refractivity (Wildman–Crippen MR) is 291 cm³/mol. The summed E-state index contributed by atoms with van der Waals surface area (Å²) < 4.78 is 2.43. The maximum absolute atomic E-state index is 5.23. The van der Waals surface area contributed by atoms with Gasteiger partial charge in [-0.2, -0.15) is 0 Å². The Morgan fingerprint density at radius 3 is 1.28 bits per heavy atom. The quantitative estimate of drug-likeness (QED) is 0.156. The molecule has 2 aromatic heterocycles. The molecule has 0 aliphatic heterocycles. The van der Waals surface area contributed by atoms with Crippen molar-refractivity contribution in [3.05, 3.63) is 249 Å². The second-order valence-electron chi connectivity index (χ2n) is 18.1. The Bertz CT molecular complexity index is 4170. The van der Waals surface area contributed by atoms with Crippen molar-refractivity contribution < 1.29 is 0 Å². The SMILES string of the molecule is c1cc(-c2ccc(-c3cnc4c5ccccc5c5ccccc5c4n3)cc2)cc(-c2ccc(-n3c4ccc(-c5cccc6ccccc56)cc4c4cc(-c5cccc6ccccc56)ccc43)cc2)c1. The standard InChI is InChI=1S/C66H41N3/c1-3-18-52-44(12-1)14-10-24-54(52)49-32-36-63-60(39-49)61-40-50(55-25-11-15-45-13-2-4-19-53(45)55)33-37-64(61)69(63)51-34-30-43(31-35-51)48-17-9-16-47(38-48)42-26-28-46(29-27-42)62-41-67-65-58-22-7-5-20-56(58)57-21-6-8-23-59(57)66(65)68-62/h1-41H. The number of fused-ring (bicyclic) bond motifs is 11. The zero-order valence-corrected chi connectivity index (χ0v) is 37.5. The van der Waals surface area contributed by atoms with Gasteiger partial charge in [0, 0.05) is 32.8 Å². The van der Waals surface area contributed by atoms with Gasteiger partial charge in [0.05, 0.1) is 34.0 Å². The maximum Gasteiger partial charge on any atom is 0.0979 e. The number of nitrogens with zero attached hydrogens (tertiary/aromatic N) is 3. The van der Waals surface area contributed by atoms with Crippen LogP contribution < -0.4 is 0 Å². The zero-order chi connectivity index (χ0) is 45.4. The molecule has 0 spiro atoms. The van der Waals surface area contributed by atoms with Crippen molar-refractivity contribution in [2.75, 3.05) is 0 Å². The van der Waals surface area contributed by atoms with E-state index in [9.17, 15) is 0 Å². The summed E-state index contributed by atoms with van der Waals surface area (Å²) in [6.45, 7) is 0. The van der Waals surface area contributed by atoms with E-state index >= 15 is 0 Å². The Morgan fingerprint density at radius 2 is 0.710 bits per heavy atom. The van der Waals surface area contributed by atoms with E-state index in [1.165, 1.54) is 87.5 Å². The van der Waals surface area contributed by atoms with E-state index in [0.29, 0.717) is 0 Å². The molecule has 12 aromatic carbocycles. The Labute approximate surface area is 398 Å². The van der Waals surface area contributed by atoms with Crippen molar-refractivity contribution in [2.24, 2.45) is 0 Å². The number of aromatic nitrogens is 3. The average Bonchev–Trinajstić information content (AvgIpc) is 3.75. The topological polar surface area (TPSA) is 30.7 Å². The van der Waals surface area contributed by atoms with E-state index in [-0.39, 0.29) is 0 Å². The number of hydrogen-bond acceptors (Lipinski definition) is 2. The second kappa shape index (κ2) is 15.7. The molecule has 14 aromatic rings. The molecule has 0 radical (unpaired) electrons. The van der Waals surface area contributed by atoms with Crippen molar-refractivity contribution >= 4 is 75.9 Å². The second-order valence-corrected chi connectivity index (χ2v) is 18.1. The van der Waals surface area contributed by atoms with Gasteiger partial charge in [-0.15, -0.1) is 0 Å². The minimum Gasteiger partial charge on any atom is -0.309 e. The summed E-state index contributed by atoms with van der Waals surface area (Å²) in [6, 6.07) is 88.2. The largest absolute Gasteiger partial charge is 0.309 e. The smallest absolute Gasteiger partial charge is 0.0979 e. The van der Waals surface area contributed by atoms with Crippen LogP contribution in [0, 0.1) is 0 Å². The van der Waals surface area contributed by atoms with E-state index in [2.05, 4.69) is 247 Å². The maximum atomic E-state index is 5.23. The summed E-state index contributed by atoms with van der Waals surface area (Å²) in [5, 5.41) is 12.1. The first-order chi connectivity index (χ1) is 34.2. The van der Waals surface area contributed by atoms with Crippen molar-refractivity contribution in [2.45, 2.75) is 0 Å². The number of rotatable bonds is 6. The molecule has 0 N–H and O–H groups in total. The first-order valence-corrected chi connectivity index (χ1v) is 23.6. The molecular formula is C66H41N3. The summed E-state index contributed by atoms with van der Waals surface area (Å²) in [4.78, 5) is 10.2. The van der Waals surface area contributed by atoms with E-state index < -0.39 is 0 Å². The molecule has 0 unspecified atom stereocenters. The highest BCUT2D eigenvalue weighted by molar-refractivity contribution is 6.23. The molecule has 2 heterocycles. The normalized spacial score (nSPS) is 11.8. The molecule has 0 aliphatic carbocycles. The van der Waals surface area contributed by atoms with Crippen LogP contribution in [0.2, 0.25) is 0 Å². The molecule has 3 heteroatoms. The van der Waals surface area contributed by atoms with Gasteiger partial charge in [0.25, 0.3) is 0 Å². The molecule has 0 fully saturated rings. The molecule has 0 amide bonds. The van der Waals surface area contributed by atoms with Crippen LogP contribution >= 0.6 is 0 Å². The summed E-state index contributed by atoms with van der Waals surface area (Å²) in [6.07, 6.45) is 1.91. The minimum atomic E-state index is 0.863. The van der Waals surface area contributed by atoms with Crippen molar-refractivity contribution in [3.8, 4) is 61.5 Å². The fourth-order valence-electron chi connectivity index (χ4n) is 10.9. The van der Waals surface area contributed by atoms with Gasteiger partial charge in [-0.05, 0) is 119 Å². The van der Waals surface area contributed by atoms with Gasteiger partial charge in [0.1, 0.15) is 0 Å². The third-order valence-electron chi connectivity index (χ3n) is 14.2. The van der Waals surface area contributed by atoms with Gasteiger partial charge in [0.15, 0.2) is 0 Å². The first kappa shape index (κ1) is 39.0. The zero-order valence-electron chi connectivity index (χ0n) is 37.5. The molecule has 3 nitrogen and oxygen atoms in total. The molecule has 0 aliphatic rings. The predicted octanol–water partition coefficient (Wildman–Crippen LogP) is 17.7. The van der Waals surface area contributed by atoms with Gasteiger partial charge in [-0.3, -0.25) is 4.98 Å². The lowest BCUT2D eigenvalue weighted by Crippen LogP contribution is -1.94.